The molecule has 6 nitrogen and oxygen atoms in total. The van der Waals surface area contributed by atoms with Crippen LogP contribution in [0.4, 0.5) is 51.2 Å². The Morgan fingerprint density at radius 3 is 1.55 bits per heavy atom. The van der Waals surface area contributed by atoms with Crippen LogP contribution >= 0.6 is 0 Å². The number of hydrogen-bond donors (Lipinski definition) is 0. The van der Waals surface area contributed by atoms with Crippen LogP contribution in [0.2, 0.25) is 0 Å². The normalized spacial score (nSPS) is 11.5. The van der Waals surface area contributed by atoms with Gasteiger partial charge in [-0.3, -0.25) is 0 Å². The number of nitrogens with zero attached hydrogens (tertiary/aromatic N) is 4. The van der Waals surface area contributed by atoms with Crippen LogP contribution in [0.15, 0.2) is 264 Å². The monoisotopic (exact) mass is 886 g/mol. The molecule has 0 saturated heterocycles. The summed E-state index contributed by atoms with van der Waals surface area (Å²) in [5, 5.41) is 6.36. The Hall–Kier alpha value is -9.39. The molecule has 13 rings (SSSR count). The van der Waals surface area contributed by atoms with Crippen LogP contribution in [0, 0.1) is 0 Å². The molecular weight excluding hydrogens is 845 g/mol. The van der Waals surface area contributed by atoms with E-state index >= 15 is 0 Å². The fourth-order valence-electron chi connectivity index (χ4n) is 9.91. The van der Waals surface area contributed by atoms with Gasteiger partial charge in [-0.25, -0.2) is 4.98 Å². The summed E-state index contributed by atoms with van der Waals surface area (Å²) < 4.78 is 13.1. The van der Waals surface area contributed by atoms with E-state index in [1.807, 2.05) is 42.5 Å². The van der Waals surface area contributed by atoms with E-state index in [9.17, 15) is 0 Å². The smallest absolute Gasteiger partial charge is 0.227 e. The summed E-state index contributed by atoms with van der Waals surface area (Å²) in [4.78, 5) is 12.1. The maximum Gasteiger partial charge on any atom is 0.227 e. The molecule has 2 heterocycles. The van der Waals surface area contributed by atoms with Gasteiger partial charge in [0.2, 0.25) is 5.89 Å². The summed E-state index contributed by atoms with van der Waals surface area (Å²) in [7, 11) is 0. The van der Waals surface area contributed by atoms with E-state index in [0.717, 1.165) is 111 Å². The number of para-hydroxylation sites is 5. The van der Waals surface area contributed by atoms with Gasteiger partial charge < -0.3 is 23.5 Å². The molecule has 6 heteroatoms. The molecule has 0 atom stereocenters. The summed E-state index contributed by atoms with van der Waals surface area (Å²) in [5.74, 6) is 0.600. The third kappa shape index (κ3) is 7.02. The second-order valence-electron chi connectivity index (χ2n) is 17.1. The number of rotatable bonds is 10. The Labute approximate surface area is 398 Å². The summed E-state index contributed by atoms with van der Waals surface area (Å²) in [5.41, 5.74) is 13.3. The number of anilines is 9. The van der Waals surface area contributed by atoms with Gasteiger partial charge in [-0.05, 0) is 126 Å². The lowest BCUT2D eigenvalue weighted by atomic mass is 9.98. The molecule has 0 spiro atoms. The Morgan fingerprint density at radius 2 is 0.855 bits per heavy atom. The second kappa shape index (κ2) is 16.8. The first-order valence-electron chi connectivity index (χ1n) is 23.2. The topological polar surface area (TPSA) is 48.9 Å². The predicted molar refractivity (Wildman–Crippen MR) is 286 cm³/mol. The van der Waals surface area contributed by atoms with E-state index < -0.39 is 0 Å². The highest BCUT2D eigenvalue weighted by Gasteiger charge is 2.27. The minimum absolute atomic E-state index is 0.600. The lowest BCUT2D eigenvalue weighted by Gasteiger charge is -2.35. The van der Waals surface area contributed by atoms with Gasteiger partial charge in [-0.15, -0.1) is 0 Å². The minimum atomic E-state index is 0.600. The Bertz CT molecular complexity index is 3930. The van der Waals surface area contributed by atoms with Crippen molar-refractivity contribution in [2.45, 2.75) is 0 Å². The molecule has 0 fully saturated rings. The van der Waals surface area contributed by atoms with Gasteiger partial charge in [-0.2, -0.15) is 0 Å². The first-order chi connectivity index (χ1) is 34.2. The van der Waals surface area contributed by atoms with Crippen molar-refractivity contribution in [2.75, 3.05) is 14.7 Å². The highest BCUT2D eigenvalue weighted by atomic mass is 16.3. The van der Waals surface area contributed by atoms with Gasteiger partial charge in [0.05, 0.1) is 17.1 Å². The van der Waals surface area contributed by atoms with Crippen LogP contribution in [0.25, 0.3) is 66.0 Å². The Balaban J connectivity index is 1.11. The molecule has 2 aromatic heterocycles. The fourth-order valence-corrected chi connectivity index (χ4v) is 9.91. The average Bonchev–Trinajstić information content (AvgIpc) is 4.03. The highest BCUT2D eigenvalue weighted by Crippen LogP contribution is 2.51. The summed E-state index contributed by atoms with van der Waals surface area (Å²) in [6.45, 7) is 0. The molecular formula is C63H42N4O2. The highest BCUT2D eigenvalue weighted by molar-refractivity contribution is 6.21. The maximum absolute atomic E-state index is 6.73. The SMILES string of the molecule is c1ccc(-c2nc3ccc4ccc5c(N(c6ccccc6)c6cc(N(c7ccccc7)c7ccccc7)ccc6N(c6ccccc6)c6ccc7oc8ccccc8c7c6)cccc5c4c3o2)cc1. The fraction of sp³-hybridized carbons (Fsp3) is 0. The molecule has 11 aromatic carbocycles. The standard InChI is InChI=1S/C63H42N4O2/c1-6-19-44(20-7-1)63-64-55-38-34-43-33-37-51-53(61(43)62(55)69-63)30-18-31-56(51)67(48-27-14-5-15-28-48)58-42-50(65(45-21-8-2-9-22-45)46-23-10-3-11-24-46)35-39-57(58)66(47-25-12-4-13-26-47)49-36-40-60-54(41-49)52-29-16-17-32-59(52)68-60/h1-42H. The van der Waals surface area contributed by atoms with E-state index in [1.54, 1.807) is 0 Å². The molecule has 0 aliphatic carbocycles. The van der Waals surface area contributed by atoms with Gasteiger partial charge in [0.15, 0.2) is 5.58 Å². The van der Waals surface area contributed by atoms with E-state index in [2.05, 4.69) is 227 Å². The molecule has 0 saturated carbocycles. The van der Waals surface area contributed by atoms with Crippen LogP contribution < -0.4 is 14.7 Å². The van der Waals surface area contributed by atoms with Crippen molar-refractivity contribution >= 4 is 106 Å². The van der Waals surface area contributed by atoms with Gasteiger partial charge in [0.25, 0.3) is 0 Å². The van der Waals surface area contributed by atoms with Crippen LogP contribution in [0.1, 0.15) is 0 Å². The van der Waals surface area contributed by atoms with Crippen molar-refractivity contribution in [3.05, 3.63) is 255 Å². The van der Waals surface area contributed by atoms with E-state index in [1.165, 1.54) is 0 Å². The van der Waals surface area contributed by atoms with E-state index in [0.29, 0.717) is 5.89 Å². The van der Waals surface area contributed by atoms with Crippen LogP contribution in [-0.2, 0) is 0 Å². The molecule has 326 valence electrons. The quantitative estimate of drug-likeness (QED) is 0.128. The molecule has 69 heavy (non-hydrogen) atoms. The minimum Gasteiger partial charge on any atom is -0.456 e. The molecule has 0 unspecified atom stereocenters. The molecule has 13 aromatic rings. The van der Waals surface area contributed by atoms with Crippen LogP contribution in [-0.4, -0.2) is 4.98 Å². The molecule has 0 amide bonds. The zero-order valence-electron chi connectivity index (χ0n) is 37.4. The zero-order valence-corrected chi connectivity index (χ0v) is 37.4. The number of furan rings is 1. The molecule has 0 N–H and O–H groups in total. The van der Waals surface area contributed by atoms with Crippen molar-refractivity contribution in [2.24, 2.45) is 0 Å². The first kappa shape index (κ1) is 39.9. The molecule has 0 radical (unpaired) electrons. The van der Waals surface area contributed by atoms with Crippen LogP contribution in [0.5, 0.6) is 0 Å². The van der Waals surface area contributed by atoms with Gasteiger partial charge >= 0.3 is 0 Å². The number of oxazole rings is 1. The Kier molecular flexibility index (Phi) is 9.72. The van der Waals surface area contributed by atoms with Crippen LogP contribution in [0.3, 0.4) is 0 Å². The van der Waals surface area contributed by atoms with E-state index in [-0.39, 0.29) is 0 Å². The molecule has 0 aliphatic heterocycles. The average molecular weight is 887 g/mol. The lowest BCUT2D eigenvalue weighted by Crippen LogP contribution is -2.18. The Morgan fingerprint density at radius 1 is 0.304 bits per heavy atom. The summed E-state index contributed by atoms with van der Waals surface area (Å²) >= 11 is 0. The van der Waals surface area contributed by atoms with Gasteiger partial charge in [0, 0.05) is 61.2 Å². The zero-order chi connectivity index (χ0) is 45.7. The van der Waals surface area contributed by atoms with Crippen molar-refractivity contribution in [1.82, 2.24) is 4.98 Å². The third-order valence-corrected chi connectivity index (χ3v) is 13.0. The molecule has 0 bridgehead atoms. The summed E-state index contributed by atoms with van der Waals surface area (Å²) in [6.07, 6.45) is 0. The lowest BCUT2D eigenvalue weighted by molar-refractivity contribution is 0.623. The third-order valence-electron chi connectivity index (χ3n) is 13.0. The number of fused-ring (bicyclic) bond motifs is 8. The van der Waals surface area contributed by atoms with Crippen molar-refractivity contribution in [1.29, 1.82) is 0 Å². The van der Waals surface area contributed by atoms with Crippen molar-refractivity contribution in [3.8, 4) is 11.5 Å². The second-order valence-corrected chi connectivity index (χ2v) is 17.1. The van der Waals surface area contributed by atoms with E-state index in [4.69, 9.17) is 13.8 Å². The van der Waals surface area contributed by atoms with Crippen molar-refractivity contribution < 1.29 is 8.83 Å². The molecule has 0 aliphatic rings. The first-order valence-corrected chi connectivity index (χ1v) is 23.2. The number of hydrogen-bond acceptors (Lipinski definition) is 6. The maximum atomic E-state index is 6.73. The summed E-state index contributed by atoms with van der Waals surface area (Å²) in [6, 6.07) is 89.5. The van der Waals surface area contributed by atoms with Gasteiger partial charge in [-0.1, -0.05) is 140 Å². The van der Waals surface area contributed by atoms with Gasteiger partial charge in [0.1, 0.15) is 16.7 Å². The van der Waals surface area contributed by atoms with Crippen molar-refractivity contribution in [3.63, 3.8) is 0 Å². The predicted octanol–water partition coefficient (Wildman–Crippen LogP) is 18.1. The largest absolute Gasteiger partial charge is 0.456 e. The number of benzene rings is 11. The number of aromatic nitrogens is 1.